The summed E-state index contributed by atoms with van der Waals surface area (Å²) in [6.45, 7) is 2.38. The number of hydrogen-bond donors (Lipinski definition) is 0. The summed E-state index contributed by atoms with van der Waals surface area (Å²) in [4.78, 5) is 18.5. The van der Waals surface area contributed by atoms with Gasteiger partial charge in [-0.05, 0) is 49.4 Å². The second-order valence-electron chi connectivity index (χ2n) is 8.03. The highest BCUT2D eigenvalue weighted by Crippen LogP contribution is 2.55. The molecule has 4 heterocycles. The summed E-state index contributed by atoms with van der Waals surface area (Å²) in [5.41, 5.74) is 1.78. The fraction of sp³-hybridized carbons (Fsp3) is 0.200. The van der Waals surface area contributed by atoms with Gasteiger partial charge in [-0.2, -0.15) is 0 Å². The number of ether oxygens (including phenoxy) is 3. The smallest absolute Gasteiger partial charge is 0.267 e. The number of para-hydroxylation sites is 1. The molecule has 6 nitrogen and oxygen atoms in total. The average molecular weight is 412 g/mol. The molecule has 6 heteroatoms. The Bertz CT molecular complexity index is 1400. The van der Waals surface area contributed by atoms with E-state index in [-0.39, 0.29) is 11.5 Å². The van der Waals surface area contributed by atoms with Gasteiger partial charge in [-0.15, -0.1) is 0 Å². The second kappa shape index (κ2) is 6.35. The predicted molar refractivity (Wildman–Crippen MR) is 117 cm³/mol. The Balaban J connectivity index is 1.67. The summed E-state index contributed by atoms with van der Waals surface area (Å²) in [5, 5.41) is 0.790. The lowest BCUT2D eigenvalue weighted by Gasteiger charge is -2.37. The van der Waals surface area contributed by atoms with E-state index < -0.39 is 5.60 Å². The van der Waals surface area contributed by atoms with Crippen molar-refractivity contribution in [2.75, 3.05) is 13.7 Å². The topological polar surface area (TPSA) is 62.6 Å². The molecular formula is C25H20N2O4. The van der Waals surface area contributed by atoms with Gasteiger partial charge >= 0.3 is 0 Å². The quantitative estimate of drug-likeness (QED) is 0.494. The molecule has 0 radical (unpaired) electrons. The average Bonchev–Trinajstić information content (AvgIpc) is 3.10. The van der Waals surface area contributed by atoms with Crippen molar-refractivity contribution in [2.45, 2.75) is 18.4 Å². The summed E-state index contributed by atoms with van der Waals surface area (Å²) in [6, 6.07) is 19.1. The number of fused-ring (bicyclic) bond motifs is 7. The van der Waals surface area contributed by atoms with Gasteiger partial charge in [0.05, 0.1) is 30.7 Å². The van der Waals surface area contributed by atoms with Crippen LogP contribution in [0.4, 0.5) is 0 Å². The minimum Gasteiger partial charge on any atom is -0.497 e. The number of nitrogens with zero attached hydrogens (tertiary/aromatic N) is 2. The lowest BCUT2D eigenvalue weighted by Crippen LogP contribution is -2.45. The van der Waals surface area contributed by atoms with Gasteiger partial charge in [0.1, 0.15) is 22.8 Å². The van der Waals surface area contributed by atoms with Gasteiger partial charge < -0.3 is 14.2 Å². The zero-order valence-electron chi connectivity index (χ0n) is 17.2. The van der Waals surface area contributed by atoms with Crippen LogP contribution in [0.15, 0.2) is 71.7 Å². The molecule has 0 spiro atoms. The van der Waals surface area contributed by atoms with Crippen molar-refractivity contribution in [3.05, 3.63) is 88.3 Å². The zero-order valence-corrected chi connectivity index (χ0v) is 17.2. The van der Waals surface area contributed by atoms with E-state index >= 15 is 0 Å². The lowest BCUT2D eigenvalue weighted by molar-refractivity contribution is 0.0424. The highest BCUT2D eigenvalue weighted by Gasteiger charge is 2.53. The van der Waals surface area contributed by atoms with E-state index in [0.717, 1.165) is 28.1 Å². The van der Waals surface area contributed by atoms with E-state index in [2.05, 4.69) is 4.98 Å². The standard InChI is InChI=1S/C25H20N2O4/c1-25-19(18-13-16(29-2)10-11-20(18)31-25)14-30-22-17-9-6-12-26-23(17)27(24(28)21(22)25)15-7-4-3-5-8-15/h3-13,19H,14H2,1-2H3/t19-,25+/m1/s1. The maximum Gasteiger partial charge on any atom is 0.267 e. The first-order valence-electron chi connectivity index (χ1n) is 10.2. The van der Waals surface area contributed by atoms with Crippen molar-refractivity contribution in [3.8, 4) is 22.9 Å². The first kappa shape index (κ1) is 18.0. The van der Waals surface area contributed by atoms with Crippen LogP contribution in [-0.4, -0.2) is 23.3 Å². The lowest BCUT2D eigenvalue weighted by atomic mass is 9.79. The SMILES string of the molecule is COc1ccc2c(c1)[C@H]1COc3c(c(=O)n(-c4ccccc4)c4ncccc34)[C@@]1(C)O2. The highest BCUT2D eigenvalue weighted by molar-refractivity contribution is 5.86. The maximum absolute atomic E-state index is 14.0. The molecule has 31 heavy (non-hydrogen) atoms. The van der Waals surface area contributed by atoms with E-state index in [1.54, 1.807) is 17.9 Å². The van der Waals surface area contributed by atoms with E-state index in [1.807, 2.05) is 67.6 Å². The summed E-state index contributed by atoms with van der Waals surface area (Å²) in [5.74, 6) is 1.93. The molecule has 4 aromatic rings. The molecule has 6 rings (SSSR count). The van der Waals surface area contributed by atoms with Crippen molar-refractivity contribution in [1.82, 2.24) is 9.55 Å². The van der Waals surface area contributed by atoms with Crippen LogP contribution in [0.5, 0.6) is 17.2 Å². The Hall–Kier alpha value is -3.80. The van der Waals surface area contributed by atoms with Crippen LogP contribution >= 0.6 is 0 Å². The largest absolute Gasteiger partial charge is 0.497 e. The maximum atomic E-state index is 14.0. The molecule has 2 atom stereocenters. The van der Waals surface area contributed by atoms with Crippen LogP contribution < -0.4 is 19.8 Å². The first-order chi connectivity index (χ1) is 15.1. The third-order valence-electron chi connectivity index (χ3n) is 6.37. The molecule has 2 aliphatic heterocycles. The number of aromatic nitrogens is 2. The van der Waals surface area contributed by atoms with Crippen molar-refractivity contribution in [1.29, 1.82) is 0 Å². The van der Waals surface area contributed by atoms with Crippen molar-refractivity contribution < 1.29 is 14.2 Å². The van der Waals surface area contributed by atoms with Crippen LogP contribution in [0.2, 0.25) is 0 Å². The molecule has 0 bridgehead atoms. The summed E-state index contributed by atoms with van der Waals surface area (Å²) in [6.07, 6.45) is 1.69. The Kier molecular flexibility index (Phi) is 3.69. The number of rotatable bonds is 2. The monoisotopic (exact) mass is 412 g/mol. The van der Waals surface area contributed by atoms with Crippen molar-refractivity contribution >= 4 is 11.0 Å². The molecular weight excluding hydrogens is 392 g/mol. The van der Waals surface area contributed by atoms with E-state index in [9.17, 15) is 4.79 Å². The summed E-state index contributed by atoms with van der Waals surface area (Å²) >= 11 is 0. The van der Waals surface area contributed by atoms with E-state index in [1.165, 1.54) is 0 Å². The van der Waals surface area contributed by atoms with Gasteiger partial charge in [0, 0.05) is 11.8 Å². The molecule has 0 fully saturated rings. The molecule has 0 amide bonds. The minimum atomic E-state index is -0.861. The Morgan fingerprint density at radius 3 is 2.77 bits per heavy atom. The Labute approximate surface area is 178 Å². The molecule has 0 aliphatic carbocycles. The molecule has 0 N–H and O–H groups in total. The summed E-state index contributed by atoms with van der Waals surface area (Å²) < 4.78 is 19.8. The van der Waals surface area contributed by atoms with Crippen LogP contribution in [0, 0.1) is 0 Å². The normalized spacial score (nSPS) is 20.9. The third-order valence-corrected chi connectivity index (χ3v) is 6.37. The second-order valence-corrected chi connectivity index (χ2v) is 8.03. The number of benzene rings is 2. The number of pyridine rings is 2. The van der Waals surface area contributed by atoms with Gasteiger partial charge in [-0.3, -0.25) is 9.36 Å². The van der Waals surface area contributed by atoms with Crippen LogP contribution in [-0.2, 0) is 5.60 Å². The number of hydrogen-bond acceptors (Lipinski definition) is 5. The molecule has 0 saturated heterocycles. The predicted octanol–water partition coefficient (Wildman–Crippen LogP) is 4.18. The fourth-order valence-corrected chi connectivity index (χ4v) is 4.85. The van der Waals surface area contributed by atoms with Gasteiger partial charge in [0.25, 0.3) is 5.56 Å². The fourth-order valence-electron chi connectivity index (χ4n) is 4.85. The van der Waals surface area contributed by atoms with Gasteiger partial charge in [-0.1, -0.05) is 18.2 Å². The Morgan fingerprint density at radius 2 is 1.97 bits per heavy atom. The number of methoxy groups -OCH3 is 1. The molecule has 0 unspecified atom stereocenters. The van der Waals surface area contributed by atoms with E-state index in [4.69, 9.17) is 14.2 Å². The van der Waals surface area contributed by atoms with Crippen molar-refractivity contribution in [3.63, 3.8) is 0 Å². The summed E-state index contributed by atoms with van der Waals surface area (Å²) in [7, 11) is 1.64. The van der Waals surface area contributed by atoms with E-state index in [0.29, 0.717) is 23.6 Å². The zero-order chi connectivity index (χ0) is 21.2. The van der Waals surface area contributed by atoms with Gasteiger partial charge in [0.15, 0.2) is 11.2 Å². The minimum absolute atomic E-state index is 0.129. The van der Waals surface area contributed by atoms with Crippen molar-refractivity contribution in [2.24, 2.45) is 0 Å². The van der Waals surface area contributed by atoms with Crippen LogP contribution in [0.3, 0.4) is 0 Å². The molecule has 154 valence electrons. The first-order valence-corrected chi connectivity index (χ1v) is 10.2. The highest BCUT2D eigenvalue weighted by atomic mass is 16.5. The molecule has 0 saturated carbocycles. The van der Waals surface area contributed by atoms with Gasteiger partial charge in [0.2, 0.25) is 0 Å². The third kappa shape index (κ3) is 2.39. The molecule has 2 aliphatic rings. The van der Waals surface area contributed by atoms with Crippen LogP contribution in [0.1, 0.15) is 24.0 Å². The molecule has 2 aromatic carbocycles. The Morgan fingerprint density at radius 1 is 1.13 bits per heavy atom. The molecule has 2 aromatic heterocycles. The van der Waals surface area contributed by atoms with Crippen LogP contribution in [0.25, 0.3) is 16.7 Å². The van der Waals surface area contributed by atoms with Gasteiger partial charge in [-0.25, -0.2) is 4.98 Å².